The Kier molecular flexibility index (Phi) is 45.9. The van der Waals surface area contributed by atoms with Crippen molar-refractivity contribution in [1.82, 2.24) is 0 Å². The molecule has 0 spiro atoms. The van der Waals surface area contributed by atoms with Crippen molar-refractivity contribution in [3.05, 3.63) is 0 Å². The summed E-state index contributed by atoms with van der Waals surface area (Å²) >= 11 is 0. The Balaban J connectivity index is 0. The summed E-state index contributed by atoms with van der Waals surface area (Å²) in [5, 5.41) is 91.4. The highest BCUT2D eigenvalue weighted by atomic mass is 16.5. The molecule has 12 nitrogen and oxygen atoms in total. The fourth-order valence-corrected chi connectivity index (χ4v) is 23.4. The van der Waals surface area contributed by atoms with Crippen molar-refractivity contribution < 1.29 is 60.2 Å². The maximum atomic E-state index is 12.2. The third kappa shape index (κ3) is 31.6. The van der Waals surface area contributed by atoms with E-state index in [9.17, 15) is 35.7 Å². The largest absolute Gasteiger partial charge is 0.393 e. The molecule has 0 amide bonds. The van der Waals surface area contributed by atoms with E-state index < -0.39 is 77.8 Å². The molecule has 9 N–H and O–H groups in total. The third-order valence-electron chi connectivity index (χ3n) is 40.1. The van der Waals surface area contributed by atoms with Crippen LogP contribution in [0.2, 0.25) is 0 Å². The highest BCUT2D eigenvalue weighted by Crippen LogP contribution is 2.65. The SMILES string of the molecule is CC(C)C(C)(C)C(C)C(C)(C)C(C)C(C)(C)C(C)C(C)(C)C(C)C(C)(C)C(C)C(C)(C)C(C)C(C)(C)C(C)C(C)(C)C.CC(O)CC(CC(O)CC1CC(O)CC(C)OC(C)(C)C(C)C(C)(C)C(C)C(C)(C)C(C)C(C)(C(C)C(C)(C)C(C)C(C)(C)C(C)C)O1)OC(C)(C)C(C)C(C)(C)C(C)C.CC(O)CC(O)CC(O)CC(O)CC(O)CC(C)O. The lowest BCUT2D eigenvalue weighted by Crippen LogP contribution is -2.59. The molecule has 12 heteroatoms. The Morgan fingerprint density at radius 1 is 0.306 bits per heavy atom. The molecule has 26 unspecified atom stereocenters. The van der Waals surface area contributed by atoms with Crippen LogP contribution in [-0.2, 0) is 14.2 Å². The van der Waals surface area contributed by atoms with Crippen LogP contribution < -0.4 is 0 Å². The molecule has 1 saturated heterocycles. The number of aliphatic hydroxyl groups excluding tert-OH is 9. The van der Waals surface area contributed by atoms with Crippen molar-refractivity contribution in [3.8, 4) is 0 Å². The molecule has 0 saturated carbocycles. The van der Waals surface area contributed by atoms with E-state index in [0.29, 0.717) is 114 Å². The molecular weight excluding hydrogens is 1500 g/mol. The molecule has 1 fully saturated rings. The molecular formula is C109H222O12. The van der Waals surface area contributed by atoms with Gasteiger partial charge in [0.15, 0.2) is 0 Å². The van der Waals surface area contributed by atoms with E-state index in [-0.39, 0.29) is 128 Å². The molecule has 0 radical (unpaired) electrons. The van der Waals surface area contributed by atoms with Crippen LogP contribution in [0.4, 0.5) is 0 Å². The van der Waals surface area contributed by atoms with Gasteiger partial charge in [0.05, 0.1) is 90.1 Å². The summed E-state index contributed by atoms with van der Waals surface area (Å²) in [5.74, 6) is 7.13. The first kappa shape index (κ1) is 123. The molecule has 1 heterocycles. The monoisotopic (exact) mass is 1720 g/mol. The topological polar surface area (TPSA) is 210 Å². The summed E-state index contributed by atoms with van der Waals surface area (Å²) in [6, 6.07) is 0. The highest BCUT2D eigenvalue weighted by Gasteiger charge is 2.60. The van der Waals surface area contributed by atoms with Gasteiger partial charge in [-0.15, -0.1) is 0 Å². The number of aliphatic hydroxyl groups is 9. The average Bonchev–Trinajstić information content (AvgIpc) is 0.739. The van der Waals surface area contributed by atoms with Gasteiger partial charge in [0, 0.05) is 0 Å². The van der Waals surface area contributed by atoms with E-state index in [4.69, 9.17) is 24.4 Å². The minimum absolute atomic E-state index is 0.0230. The highest BCUT2D eigenvalue weighted by molar-refractivity contribution is 5.09. The van der Waals surface area contributed by atoms with E-state index in [1.165, 1.54) is 0 Å². The van der Waals surface area contributed by atoms with Crippen LogP contribution in [0.15, 0.2) is 0 Å². The first-order valence-electron chi connectivity index (χ1n) is 49.5. The Morgan fingerprint density at radius 3 is 0.876 bits per heavy atom. The minimum Gasteiger partial charge on any atom is -0.393 e. The zero-order valence-electron chi connectivity index (χ0n) is 91.5. The van der Waals surface area contributed by atoms with Crippen molar-refractivity contribution >= 4 is 0 Å². The molecule has 0 aromatic carbocycles. The van der Waals surface area contributed by atoms with Crippen molar-refractivity contribution in [1.29, 1.82) is 0 Å². The van der Waals surface area contributed by atoms with Gasteiger partial charge in [-0.25, -0.2) is 0 Å². The first-order chi connectivity index (χ1) is 53.3. The summed E-state index contributed by atoms with van der Waals surface area (Å²) in [7, 11) is 0. The second-order valence-corrected chi connectivity index (χ2v) is 52.7. The third-order valence-corrected chi connectivity index (χ3v) is 40.1. The lowest BCUT2D eigenvalue weighted by molar-refractivity contribution is -0.224. The number of rotatable bonds is 40. The van der Waals surface area contributed by atoms with Gasteiger partial charge in [-0.1, -0.05) is 318 Å². The Labute approximate surface area is 756 Å². The summed E-state index contributed by atoms with van der Waals surface area (Å²) in [6.45, 7) is 132. The average molecular weight is 1720 g/mol. The normalized spacial score (nSPS) is 26.5. The summed E-state index contributed by atoms with van der Waals surface area (Å²) in [6.07, 6.45) is -5.10. The summed E-state index contributed by atoms with van der Waals surface area (Å²) < 4.78 is 21.6. The molecule has 121 heavy (non-hydrogen) atoms. The van der Waals surface area contributed by atoms with Crippen LogP contribution >= 0.6 is 0 Å². The van der Waals surface area contributed by atoms with E-state index in [0.717, 1.165) is 0 Å². The van der Waals surface area contributed by atoms with E-state index in [1.807, 2.05) is 0 Å². The Hall–Kier alpha value is -0.480. The Morgan fingerprint density at radius 2 is 0.579 bits per heavy atom. The molecule has 1 aliphatic heterocycles. The molecule has 26 atom stereocenters. The van der Waals surface area contributed by atoms with Gasteiger partial charge in [-0.3, -0.25) is 0 Å². The molecule has 0 aliphatic carbocycles. The number of hydrogen-bond acceptors (Lipinski definition) is 12. The van der Waals surface area contributed by atoms with Gasteiger partial charge in [-0.2, -0.15) is 0 Å². The fraction of sp³-hybridized carbons (Fsp3) is 1.00. The van der Waals surface area contributed by atoms with Gasteiger partial charge in [-0.05, 0) is 292 Å². The number of ether oxygens (including phenoxy) is 3. The maximum absolute atomic E-state index is 12.2. The standard InChI is InChI=1S/C54H108O6.C42H86.C13H28O6/c1-33(2)47(13,14)37(7)50(19,20)41(11)54(27)42(12)51(21,22)38(8)49(17,18)40(10)52(23,24)58-36(6)29-43(56)30-46(60-54)32-44(57)31-45(28-35(5)55)59-53(25,26)39(9)48(15,16)34(3)4;1-27(2)36(13,14)29(4)38(17,18)31(6)40(21,22)33(8)42(25,26)34(9)41(23,24)32(7)39(19,20)30(5)37(15,16)28(3)35(10,11)12;1-8(14)3-10(16)5-12(18)7-13(19)6-11(17)4-9(2)15/h33-46,55-57H,28-32H2,1-27H3;27-34H,1-26H3;8-19H,3-7H2,1-2H3. The zero-order chi connectivity index (χ0) is 97.4. The van der Waals surface area contributed by atoms with Crippen LogP contribution in [0, 0.1) is 165 Å². The zero-order valence-corrected chi connectivity index (χ0v) is 91.5. The van der Waals surface area contributed by atoms with Gasteiger partial charge in [0.2, 0.25) is 0 Å². The predicted molar refractivity (Wildman–Crippen MR) is 523 cm³/mol. The lowest BCUT2D eigenvalue weighted by Gasteiger charge is -2.60. The van der Waals surface area contributed by atoms with Crippen LogP contribution in [0.5, 0.6) is 0 Å². The molecule has 0 aromatic heterocycles. The van der Waals surface area contributed by atoms with Gasteiger partial charge >= 0.3 is 0 Å². The fourth-order valence-electron chi connectivity index (χ4n) is 23.4. The van der Waals surface area contributed by atoms with Gasteiger partial charge < -0.3 is 60.2 Å². The second kappa shape index (κ2) is 45.3. The predicted octanol–water partition coefficient (Wildman–Crippen LogP) is 27.3. The molecule has 730 valence electrons. The van der Waals surface area contributed by atoms with Crippen molar-refractivity contribution in [2.24, 2.45) is 165 Å². The van der Waals surface area contributed by atoms with E-state index >= 15 is 0 Å². The van der Waals surface area contributed by atoms with Crippen molar-refractivity contribution in [3.63, 3.8) is 0 Å². The van der Waals surface area contributed by atoms with E-state index in [2.05, 4.69) is 360 Å². The van der Waals surface area contributed by atoms with Crippen molar-refractivity contribution in [2.45, 2.75) is 535 Å². The van der Waals surface area contributed by atoms with Crippen LogP contribution in [-0.4, -0.2) is 136 Å². The summed E-state index contributed by atoms with van der Waals surface area (Å²) in [5.41, 5.74) is 0.0530. The van der Waals surface area contributed by atoms with Gasteiger partial charge in [0.1, 0.15) is 0 Å². The van der Waals surface area contributed by atoms with Crippen LogP contribution in [0.1, 0.15) is 445 Å². The number of hydrogen-bond donors (Lipinski definition) is 9. The molecule has 1 aliphatic rings. The molecule has 1 rings (SSSR count). The first-order valence-corrected chi connectivity index (χ1v) is 49.5. The van der Waals surface area contributed by atoms with Crippen LogP contribution in [0.3, 0.4) is 0 Å². The minimum atomic E-state index is -0.887. The van der Waals surface area contributed by atoms with Crippen molar-refractivity contribution in [2.75, 3.05) is 0 Å². The Bertz CT molecular complexity index is 2890. The second-order valence-electron chi connectivity index (χ2n) is 52.7. The molecule has 0 bridgehead atoms. The smallest absolute Gasteiger partial charge is 0.0719 e. The maximum Gasteiger partial charge on any atom is 0.0719 e. The van der Waals surface area contributed by atoms with E-state index in [1.54, 1.807) is 20.8 Å². The summed E-state index contributed by atoms with van der Waals surface area (Å²) in [4.78, 5) is 0. The molecule has 0 aromatic rings. The van der Waals surface area contributed by atoms with Gasteiger partial charge in [0.25, 0.3) is 0 Å². The van der Waals surface area contributed by atoms with Crippen LogP contribution in [0.25, 0.3) is 0 Å². The lowest BCUT2D eigenvalue weighted by atomic mass is 9.45. The quantitative estimate of drug-likeness (QED) is 0.0281.